The second-order valence-corrected chi connectivity index (χ2v) is 4.71. The Morgan fingerprint density at radius 1 is 1.37 bits per heavy atom. The summed E-state index contributed by atoms with van der Waals surface area (Å²) in [6, 6.07) is 4.81. The van der Waals surface area contributed by atoms with Crippen molar-refractivity contribution < 1.29 is 24.2 Å². The number of carbonyl (C=O) groups excluding carboxylic acids is 1. The number of rotatable bonds is 2. The van der Waals surface area contributed by atoms with E-state index in [0.29, 0.717) is 11.5 Å². The predicted molar refractivity (Wildman–Crippen MR) is 63.8 cm³/mol. The number of hydrogen-bond donors (Lipinski definition) is 1. The molecule has 2 aliphatic rings. The van der Waals surface area contributed by atoms with Crippen molar-refractivity contribution in [1.29, 1.82) is 0 Å². The molecule has 19 heavy (non-hydrogen) atoms. The lowest BCUT2D eigenvalue weighted by Gasteiger charge is -2.23. The van der Waals surface area contributed by atoms with Crippen LogP contribution >= 0.6 is 0 Å². The molecule has 1 aromatic carbocycles. The lowest BCUT2D eigenvalue weighted by molar-refractivity contribution is -0.142. The van der Waals surface area contributed by atoms with E-state index in [0.717, 1.165) is 5.56 Å². The topological polar surface area (TPSA) is 76.1 Å². The minimum Gasteiger partial charge on any atom is -0.481 e. The maximum Gasteiger partial charge on any atom is 0.309 e. The molecule has 1 aromatic rings. The Hall–Kier alpha value is -2.24. The largest absolute Gasteiger partial charge is 0.481 e. The van der Waals surface area contributed by atoms with Crippen molar-refractivity contribution in [2.24, 2.45) is 5.92 Å². The molecule has 0 aromatic heterocycles. The van der Waals surface area contributed by atoms with Gasteiger partial charge in [0.15, 0.2) is 11.5 Å². The van der Waals surface area contributed by atoms with Crippen LogP contribution < -0.4 is 9.47 Å². The lowest BCUT2D eigenvalue weighted by atomic mass is 9.93. The minimum atomic E-state index is -0.958. The number of benzene rings is 1. The highest BCUT2D eigenvalue weighted by Gasteiger charge is 2.43. The van der Waals surface area contributed by atoms with Crippen LogP contribution in [-0.4, -0.2) is 35.7 Å². The van der Waals surface area contributed by atoms with Crippen LogP contribution in [0.25, 0.3) is 0 Å². The van der Waals surface area contributed by atoms with Crippen molar-refractivity contribution in [2.75, 3.05) is 13.8 Å². The molecule has 0 spiro atoms. The van der Waals surface area contributed by atoms with Crippen LogP contribution in [0.5, 0.6) is 11.5 Å². The maximum atomic E-state index is 11.7. The minimum absolute atomic E-state index is 0.0327. The maximum absolute atomic E-state index is 11.7. The molecule has 2 aliphatic heterocycles. The van der Waals surface area contributed by atoms with Gasteiger partial charge in [0.2, 0.25) is 12.7 Å². The molecule has 100 valence electrons. The van der Waals surface area contributed by atoms with E-state index in [4.69, 9.17) is 9.47 Å². The lowest BCUT2D eigenvalue weighted by Crippen LogP contribution is -2.26. The summed E-state index contributed by atoms with van der Waals surface area (Å²) >= 11 is 0. The number of aliphatic carboxylic acids is 1. The van der Waals surface area contributed by atoms with Gasteiger partial charge in [0.05, 0.1) is 12.0 Å². The fourth-order valence-electron chi connectivity index (χ4n) is 2.64. The van der Waals surface area contributed by atoms with Crippen LogP contribution in [-0.2, 0) is 9.59 Å². The van der Waals surface area contributed by atoms with Crippen molar-refractivity contribution in [3.05, 3.63) is 23.8 Å². The molecule has 1 saturated heterocycles. The van der Waals surface area contributed by atoms with Gasteiger partial charge in [0.25, 0.3) is 0 Å². The number of carboxylic acid groups (broad SMARTS) is 1. The van der Waals surface area contributed by atoms with Crippen LogP contribution in [0.2, 0.25) is 0 Å². The van der Waals surface area contributed by atoms with Gasteiger partial charge >= 0.3 is 5.97 Å². The first-order valence-corrected chi connectivity index (χ1v) is 5.96. The van der Waals surface area contributed by atoms with Crippen molar-refractivity contribution in [2.45, 2.75) is 12.5 Å². The van der Waals surface area contributed by atoms with Gasteiger partial charge in [0, 0.05) is 13.5 Å². The van der Waals surface area contributed by atoms with E-state index in [1.54, 1.807) is 25.2 Å². The third-order valence-corrected chi connectivity index (χ3v) is 3.64. The summed E-state index contributed by atoms with van der Waals surface area (Å²) in [4.78, 5) is 24.5. The predicted octanol–water partition coefficient (Wildman–Crippen LogP) is 1.02. The normalized spacial score (nSPS) is 24.9. The van der Waals surface area contributed by atoms with Gasteiger partial charge in [-0.05, 0) is 17.7 Å². The van der Waals surface area contributed by atoms with Crippen molar-refractivity contribution in [3.8, 4) is 11.5 Å². The average molecular weight is 263 g/mol. The molecular weight excluding hydrogens is 250 g/mol. The molecule has 1 N–H and O–H groups in total. The Balaban J connectivity index is 1.99. The number of hydrogen-bond acceptors (Lipinski definition) is 4. The number of likely N-dealkylation sites (tertiary alicyclic amines) is 1. The zero-order chi connectivity index (χ0) is 13.6. The number of carboxylic acids is 1. The summed E-state index contributed by atoms with van der Waals surface area (Å²) < 4.78 is 10.5. The van der Waals surface area contributed by atoms with E-state index in [2.05, 4.69) is 0 Å². The molecule has 0 radical (unpaired) electrons. The Bertz CT molecular complexity index is 556. The van der Waals surface area contributed by atoms with Crippen LogP contribution in [0, 0.1) is 5.92 Å². The van der Waals surface area contributed by atoms with Gasteiger partial charge in [-0.3, -0.25) is 9.59 Å². The summed E-state index contributed by atoms with van der Waals surface area (Å²) in [6.07, 6.45) is 0.0327. The average Bonchev–Trinajstić information content (AvgIpc) is 2.94. The van der Waals surface area contributed by atoms with E-state index in [1.165, 1.54) is 4.90 Å². The molecule has 6 heteroatoms. The standard InChI is InChI=1S/C13H13NO5/c1-14-11(15)5-8(13(16)17)12(14)7-2-3-9-10(4-7)19-6-18-9/h2-4,8,12H,5-6H2,1H3,(H,16,17)/t8-,12+/m1/s1. The van der Waals surface area contributed by atoms with E-state index in [-0.39, 0.29) is 19.1 Å². The molecule has 0 aliphatic carbocycles. The highest BCUT2D eigenvalue weighted by Crippen LogP contribution is 2.41. The fraction of sp³-hybridized carbons (Fsp3) is 0.385. The van der Waals surface area contributed by atoms with Gasteiger partial charge < -0.3 is 19.5 Å². The third-order valence-electron chi connectivity index (χ3n) is 3.64. The van der Waals surface area contributed by atoms with Gasteiger partial charge in [-0.25, -0.2) is 0 Å². The second kappa shape index (κ2) is 4.15. The Morgan fingerprint density at radius 2 is 2.11 bits per heavy atom. The molecule has 3 rings (SSSR count). The molecule has 1 fully saturated rings. The van der Waals surface area contributed by atoms with Crippen LogP contribution in [0.15, 0.2) is 18.2 Å². The number of nitrogens with zero attached hydrogens (tertiary/aromatic N) is 1. The number of carbonyl (C=O) groups is 2. The zero-order valence-corrected chi connectivity index (χ0v) is 10.3. The highest BCUT2D eigenvalue weighted by atomic mass is 16.7. The Morgan fingerprint density at radius 3 is 2.84 bits per heavy atom. The summed E-state index contributed by atoms with van der Waals surface area (Å²) in [5.74, 6) is -0.606. The molecule has 1 amide bonds. The zero-order valence-electron chi connectivity index (χ0n) is 10.3. The summed E-state index contributed by atoms with van der Waals surface area (Å²) in [5, 5.41) is 9.24. The smallest absolute Gasteiger partial charge is 0.309 e. The van der Waals surface area contributed by atoms with E-state index in [1.807, 2.05) is 0 Å². The van der Waals surface area contributed by atoms with Gasteiger partial charge in [0.1, 0.15) is 0 Å². The van der Waals surface area contributed by atoms with Gasteiger partial charge in [-0.15, -0.1) is 0 Å². The molecule has 6 nitrogen and oxygen atoms in total. The van der Waals surface area contributed by atoms with Gasteiger partial charge in [-0.2, -0.15) is 0 Å². The van der Waals surface area contributed by atoms with E-state index < -0.39 is 17.9 Å². The summed E-state index contributed by atoms with van der Waals surface area (Å²) in [6.45, 7) is 0.167. The molecular formula is C13H13NO5. The van der Waals surface area contributed by atoms with Crippen LogP contribution in [0.3, 0.4) is 0 Å². The molecule has 0 unspecified atom stereocenters. The molecule has 2 heterocycles. The van der Waals surface area contributed by atoms with Crippen LogP contribution in [0.1, 0.15) is 18.0 Å². The first kappa shape index (κ1) is 11.8. The van der Waals surface area contributed by atoms with E-state index in [9.17, 15) is 14.7 Å². The summed E-state index contributed by atoms with van der Waals surface area (Å²) in [5.41, 5.74) is 0.755. The van der Waals surface area contributed by atoms with Gasteiger partial charge in [-0.1, -0.05) is 6.07 Å². The molecule has 0 bridgehead atoms. The quantitative estimate of drug-likeness (QED) is 0.862. The summed E-state index contributed by atoms with van der Waals surface area (Å²) in [7, 11) is 1.63. The first-order valence-electron chi connectivity index (χ1n) is 5.96. The number of amides is 1. The molecule has 2 atom stereocenters. The number of ether oxygens (including phenoxy) is 2. The number of fused-ring (bicyclic) bond motifs is 1. The van der Waals surface area contributed by atoms with E-state index >= 15 is 0 Å². The van der Waals surface area contributed by atoms with Crippen molar-refractivity contribution in [3.63, 3.8) is 0 Å². The SMILES string of the molecule is CN1C(=O)C[C@@H](C(=O)O)[C@@H]1c1ccc2c(c1)OCO2. The Labute approximate surface area is 109 Å². The Kier molecular flexibility index (Phi) is 2.58. The van der Waals surface area contributed by atoms with Crippen molar-refractivity contribution in [1.82, 2.24) is 4.90 Å². The molecule has 0 saturated carbocycles. The monoisotopic (exact) mass is 263 g/mol. The fourth-order valence-corrected chi connectivity index (χ4v) is 2.64. The highest BCUT2D eigenvalue weighted by molar-refractivity contribution is 5.87. The van der Waals surface area contributed by atoms with Crippen LogP contribution in [0.4, 0.5) is 0 Å². The second-order valence-electron chi connectivity index (χ2n) is 4.71. The first-order chi connectivity index (χ1) is 9.08. The third kappa shape index (κ3) is 1.80. The van der Waals surface area contributed by atoms with Crippen molar-refractivity contribution >= 4 is 11.9 Å².